The third-order valence-electron chi connectivity index (χ3n) is 2.39. The van der Waals surface area contributed by atoms with Gasteiger partial charge in [0.15, 0.2) is 0 Å². The van der Waals surface area contributed by atoms with E-state index in [0.29, 0.717) is 5.56 Å². The molecule has 0 fully saturated rings. The molecular weight excluding hydrogens is 308 g/mol. The molecule has 0 N–H and O–H groups in total. The zero-order valence-corrected chi connectivity index (χ0v) is 13.1. The first-order valence-electron chi connectivity index (χ1n) is 6.53. The summed E-state index contributed by atoms with van der Waals surface area (Å²) in [5.41, 5.74) is 0.670. The molecule has 124 valence electrons. The average Bonchev–Trinajstić information content (AvgIpc) is 2.35. The second kappa shape index (κ2) is 7.39. The number of ether oxygens (including phenoxy) is 4. The summed E-state index contributed by atoms with van der Waals surface area (Å²) in [6.45, 7) is 4.53. The van der Waals surface area contributed by atoms with E-state index in [1.165, 1.54) is 6.07 Å². The van der Waals surface area contributed by atoms with Crippen LogP contribution in [0.25, 0.3) is 0 Å². The van der Waals surface area contributed by atoms with Crippen molar-refractivity contribution in [2.24, 2.45) is 0 Å². The molecule has 1 aromatic carbocycles. The number of rotatable bonds is 5. The Morgan fingerprint density at radius 3 is 1.61 bits per heavy atom. The van der Waals surface area contributed by atoms with Crippen LogP contribution in [0.2, 0.25) is 0 Å². The molecule has 0 saturated heterocycles. The monoisotopic (exact) mass is 324 g/mol. The van der Waals surface area contributed by atoms with Crippen molar-refractivity contribution in [3.8, 4) is 0 Å². The number of aryl methyl sites for hydroxylation is 1. The zero-order chi connectivity index (χ0) is 17.6. The van der Waals surface area contributed by atoms with Crippen LogP contribution in [0.1, 0.15) is 36.7 Å². The molecule has 0 amide bonds. The van der Waals surface area contributed by atoms with E-state index in [1.807, 2.05) is 0 Å². The molecular formula is C15H16O8. The molecule has 0 aliphatic heterocycles. The normalized spacial score (nSPS) is 10.4. The first-order chi connectivity index (χ1) is 10.6. The third kappa shape index (κ3) is 5.42. The quantitative estimate of drug-likeness (QED) is 0.592. The number of carbonyl (C=O) groups is 4. The molecule has 23 heavy (non-hydrogen) atoms. The molecule has 0 aliphatic rings. The Morgan fingerprint density at radius 2 is 1.22 bits per heavy atom. The molecule has 1 rings (SSSR count). The van der Waals surface area contributed by atoms with Crippen molar-refractivity contribution in [3.05, 3.63) is 35.4 Å². The smallest absolute Gasteiger partial charge is 0.353 e. The highest BCUT2D eigenvalue weighted by Crippen LogP contribution is 2.22. The Bertz CT molecular complexity index is 593. The van der Waals surface area contributed by atoms with E-state index in [1.54, 1.807) is 25.1 Å². The molecule has 0 aliphatic carbocycles. The first-order valence-corrected chi connectivity index (χ1v) is 6.53. The van der Waals surface area contributed by atoms with Crippen LogP contribution in [0.3, 0.4) is 0 Å². The Kier molecular flexibility index (Phi) is 5.83. The van der Waals surface area contributed by atoms with E-state index in [4.69, 9.17) is 4.74 Å². The Balaban J connectivity index is 3.18. The van der Waals surface area contributed by atoms with Gasteiger partial charge in [-0.05, 0) is 18.6 Å². The van der Waals surface area contributed by atoms with Gasteiger partial charge in [-0.2, -0.15) is 0 Å². The van der Waals surface area contributed by atoms with E-state index in [0.717, 1.165) is 20.8 Å². The van der Waals surface area contributed by atoms with E-state index < -0.39 is 30.0 Å². The molecule has 0 aromatic heterocycles. The molecule has 0 atom stereocenters. The second-order valence-corrected chi connectivity index (χ2v) is 4.49. The second-order valence-electron chi connectivity index (χ2n) is 4.49. The highest BCUT2D eigenvalue weighted by atomic mass is 17.0. The van der Waals surface area contributed by atoms with Crippen molar-refractivity contribution in [1.29, 1.82) is 0 Å². The minimum Gasteiger partial charge on any atom is -0.353 e. The van der Waals surface area contributed by atoms with Gasteiger partial charge in [-0.15, -0.1) is 0 Å². The van der Waals surface area contributed by atoms with E-state index in [9.17, 15) is 19.2 Å². The van der Waals surface area contributed by atoms with Crippen molar-refractivity contribution >= 4 is 23.9 Å². The Hall–Kier alpha value is -2.90. The largest absolute Gasteiger partial charge is 0.619 e. The van der Waals surface area contributed by atoms with Gasteiger partial charge in [0.2, 0.25) is 0 Å². The SMILES string of the molecule is CC(=O)OC(OC(C)=O)(OC(C)=O)OC(=O)c1ccccc1C. The van der Waals surface area contributed by atoms with Gasteiger partial charge in [0.1, 0.15) is 0 Å². The first kappa shape index (κ1) is 18.1. The topological polar surface area (TPSA) is 105 Å². The van der Waals surface area contributed by atoms with Gasteiger partial charge in [0.25, 0.3) is 0 Å². The lowest BCUT2D eigenvalue weighted by Crippen LogP contribution is -2.47. The van der Waals surface area contributed by atoms with Crippen LogP contribution in [0, 0.1) is 6.92 Å². The minimum absolute atomic E-state index is 0.114. The predicted octanol–water partition coefficient (Wildman–Crippen LogP) is 1.45. The molecule has 0 radical (unpaired) electrons. The van der Waals surface area contributed by atoms with Crippen LogP contribution in [0.15, 0.2) is 24.3 Å². The lowest BCUT2D eigenvalue weighted by molar-refractivity contribution is -0.426. The maximum atomic E-state index is 12.2. The number of esters is 4. The highest BCUT2D eigenvalue weighted by Gasteiger charge is 2.48. The van der Waals surface area contributed by atoms with Crippen LogP contribution in [-0.2, 0) is 33.3 Å². The summed E-state index contributed by atoms with van der Waals surface area (Å²) in [5, 5.41) is 0. The van der Waals surface area contributed by atoms with E-state index in [2.05, 4.69) is 14.2 Å². The van der Waals surface area contributed by atoms with Crippen molar-refractivity contribution < 1.29 is 38.1 Å². The fourth-order valence-corrected chi connectivity index (χ4v) is 1.62. The number of carbonyl (C=O) groups excluding carboxylic acids is 4. The predicted molar refractivity (Wildman–Crippen MR) is 74.6 cm³/mol. The molecule has 0 heterocycles. The molecule has 8 heteroatoms. The van der Waals surface area contributed by atoms with Gasteiger partial charge in [-0.1, -0.05) is 18.2 Å². The lowest BCUT2D eigenvalue weighted by Gasteiger charge is -2.27. The lowest BCUT2D eigenvalue weighted by atomic mass is 10.1. The summed E-state index contributed by atoms with van der Waals surface area (Å²) in [7, 11) is 0. The van der Waals surface area contributed by atoms with Crippen LogP contribution in [-0.4, -0.2) is 30.0 Å². The molecule has 0 saturated carbocycles. The summed E-state index contributed by atoms with van der Waals surface area (Å²) in [6.07, 6.45) is -2.91. The summed E-state index contributed by atoms with van der Waals surface area (Å²) >= 11 is 0. The van der Waals surface area contributed by atoms with Gasteiger partial charge in [0, 0.05) is 20.8 Å². The summed E-state index contributed by atoms with van der Waals surface area (Å²) in [5.74, 6) is -3.99. The van der Waals surface area contributed by atoms with Crippen LogP contribution >= 0.6 is 0 Å². The summed E-state index contributed by atoms with van der Waals surface area (Å²) in [6, 6.07) is 6.36. The number of benzene rings is 1. The third-order valence-corrected chi connectivity index (χ3v) is 2.39. The Labute approximate surface area is 132 Å². The molecule has 8 nitrogen and oxygen atoms in total. The van der Waals surface area contributed by atoms with Gasteiger partial charge in [-0.25, -0.2) is 4.79 Å². The van der Waals surface area contributed by atoms with Gasteiger partial charge in [-0.3, -0.25) is 14.4 Å². The number of hydrogen-bond acceptors (Lipinski definition) is 8. The Morgan fingerprint density at radius 1 is 0.783 bits per heavy atom. The molecule has 0 spiro atoms. The van der Waals surface area contributed by atoms with Gasteiger partial charge >= 0.3 is 30.0 Å². The average molecular weight is 324 g/mol. The molecule has 0 bridgehead atoms. The molecule has 0 unspecified atom stereocenters. The van der Waals surface area contributed by atoms with Crippen LogP contribution in [0.4, 0.5) is 0 Å². The van der Waals surface area contributed by atoms with Crippen LogP contribution in [0.5, 0.6) is 0 Å². The fourth-order valence-electron chi connectivity index (χ4n) is 1.62. The van der Waals surface area contributed by atoms with Crippen LogP contribution < -0.4 is 0 Å². The van der Waals surface area contributed by atoms with E-state index >= 15 is 0 Å². The standard InChI is InChI=1S/C15H16O8/c1-9-7-5-6-8-13(9)14(19)23-15(20-10(2)16,21-11(3)17)22-12(4)18/h5-8H,1-4H3. The highest BCUT2D eigenvalue weighted by molar-refractivity contribution is 5.91. The summed E-state index contributed by atoms with van der Waals surface area (Å²) < 4.78 is 18.7. The number of hydrogen-bond donors (Lipinski definition) is 0. The fraction of sp³-hybridized carbons (Fsp3) is 0.333. The zero-order valence-electron chi connectivity index (χ0n) is 13.1. The maximum Gasteiger partial charge on any atom is 0.619 e. The van der Waals surface area contributed by atoms with Crippen molar-refractivity contribution in [1.82, 2.24) is 0 Å². The van der Waals surface area contributed by atoms with Gasteiger partial charge in [0.05, 0.1) is 5.56 Å². The van der Waals surface area contributed by atoms with Crippen molar-refractivity contribution in [2.45, 2.75) is 33.9 Å². The summed E-state index contributed by atoms with van der Waals surface area (Å²) in [4.78, 5) is 45.9. The molecule has 1 aromatic rings. The van der Waals surface area contributed by atoms with Crippen molar-refractivity contribution in [3.63, 3.8) is 0 Å². The van der Waals surface area contributed by atoms with E-state index in [-0.39, 0.29) is 5.56 Å². The van der Waals surface area contributed by atoms with Gasteiger partial charge < -0.3 is 18.9 Å². The minimum atomic E-state index is -2.91. The maximum absolute atomic E-state index is 12.2. The van der Waals surface area contributed by atoms with Crippen molar-refractivity contribution in [2.75, 3.05) is 0 Å².